The molecule has 0 saturated carbocycles. The van der Waals surface area contributed by atoms with Crippen LogP contribution in [0.5, 0.6) is 0 Å². The highest BCUT2D eigenvalue weighted by Gasteiger charge is 2.23. The molecule has 0 heterocycles. The monoisotopic (exact) mass is 287 g/mol. The van der Waals surface area contributed by atoms with E-state index in [2.05, 4.69) is 5.32 Å². The fraction of sp³-hybridized carbons (Fsp3) is 0.412. The van der Waals surface area contributed by atoms with Gasteiger partial charge >= 0.3 is 5.97 Å². The normalized spacial score (nSPS) is 15.8. The zero-order valence-corrected chi connectivity index (χ0v) is 12.3. The Bertz CT molecular complexity index is 522. The molecular formula is C17H21NO3. The summed E-state index contributed by atoms with van der Waals surface area (Å²) in [6.45, 7) is 0. The molecule has 0 aliphatic heterocycles. The number of carbonyl (C=O) groups is 2. The Morgan fingerprint density at radius 1 is 1.24 bits per heavy atom. The Morgan fingerprint density at radius 2 is 2.00 bits per heavy atom. The van der Waals surface area contributed by atoms with E-state index in [9.17, 15) is 9.59 Å². The van der Waals surface area contributed by atoms with Gasteiger partial charge in [0.05, 0.1) is 7.11 Å². The number of allylic oxidation sites excluding steroid dienone is 1. The molecule has 1 aliphatic carbocycles. The number of hydrogen-bond acceptors (Lipinski definition) is 3. The molecule has 2 rings (SSSR count). The van der Waals surface area contributed by atoms with Gasteiger partial charge < -0.3 is 10.1 Å². The highest BCUT2D eigenvalue weighted by molar-refractivity contribution is 5.96. The minimum absolute atomic E-state index is 0.152. The van der Waals surface area contributed by atoms with Crippen LogP contribution in [0.4, 0.5) is 0 Å². The Kier molecular flexibility index (Phi) is 5.55. The fourth-order valence-corrected chi connectivity index (χ4v) is 2.48. The molecule has 0 spiro atoms. The molecule has 0 saturated heterocycles. The van der Waals surface area contributed by atoms with Crippen molar-refractivity contribution in [2.75, 3.05) is 7.11 Å². The molecule has 0 radical (unpaired) electrons. The summed E-state index contributed by atoms with van der Waals surface area (Å²) in [5, 5.41) is 2.80. The molecule has 1 amide bonds. The molecule has 4 nitrogen and oxygen atoms in total. The average molecular weight is 287 g/mol. The maximum atomic E-state index is 12.2. The largest absolute Gasteiger partial charge is 0.467 e. The second-order valence-electron chi connectivity index (χ2n) is 5.21. The van der Waals surface area contributed by atoms with Gasteiger partial charge in [-0.15, -0.1) is 0 Å². The first-order valence-electron chi connectivity index (χ1n) is 7.32. The molecule has 1 aromatic carbocycles. The smallest absolute Gasteiger partial charge is 0.328 e. The maximum Gasteiger partial charge on any atom is 0.328 e. The number of methoxy groups -OCH3 is 1. The lowest BCUT2D eigenvalue weighted by Crippen LogP contribution is -2.43. The summed E-state index contributed by atoms with van der Waals surface area (Å²) in [5.74, 6) is -0.565. The van der Waals surface area contributed by atoms with Crippen molar-refractivity contribution in [2.45, 2.75) is 38.1 Å². The van der Waals surface area contributed by atoms with Crippen molar-refractivity contribution in [3.63, 3.8) is 0 Å². The summed E-state index contributed by atoms with van der Waals surface area (Å²) in [6, 6.07) is 8.96. The van der Waals surface area contributed by atoms with Gasteiger partial charge in [-0.25, -0.2) is 4.79 Å². The van der Waals surface area contributed by atoms with Crippen LogP contribution in [0.15, 0.2) is 42.0 Å². The van der Waals surface area contributed by atoms with E-state index in [1.807, 2.05) is 36.4 Å². The van der Waals surface area contributed by atoms with Gasteiger partial charge in [0, 0.05) is 12.0 Å². The lowest BCUT2D eigenvalue weighted by atomic mass is 9.98. The third-order valence-corrected chi connectivity index (χ3v) is 3.66. The Balaban J connectivity index is 2.04. The van der Waals surface area contributed by atoms with Crippen LogP contribution in [-0.4, -0.2) is 25.0 Å². The predicted octanol–water partition coefficient (Wildman–Crippen LogP) is 2.39. The number of ether oxygens (including phenoxy) is 1. The lowest BCUT2D eigenvalue weighted by molar-refractivity contribution is -0.144. The third-order valence-electron chi connectivity index (χ3n) is 3.66. The van der Waals surface area contributed by atoms with Crippen LogP contribution in [0, 0.1) is 0 Å². The van der Waals surface area contributed by atoms with Gasteiger partial charge in [0.2, 0.25) is 5.91 Å². The van der Waals surface area contributed by atoms with E-state index in [1.165, 1.54) is 7.11 Å². The van der Waals surface area contributed by atoms with Crippen LogP contribution in [0.3, 0.4) is 0 Å². The molecular weight excluding hydrogens is 266 g/mol. The minimum Gasteiger partial charge on any atom is -0.467 e. The highest BCUT2D eigenvalue weighted by atomic mass is 16.5. The molecule has 1 aromatic rings. The van der Waals surface area contributed by atoms with Crippen molar-refractivity contribution in [2.24, 2.45) is 0 Å². The number of nitrogens with one attached hydrogen (secondary N) is 1. The Morgan fingerprint density at radius 3 is 2.62 bits per heavy atom. The summed E-state index contributed by atoms with van der Waals surface area (Å²) in [7, 11) is 1.34. The molecule has 0 unspecified atom stereocenters. The van der Waals surface area contributed by atoms with Crippen molar-refractivity contribution in [3.8, 4) is 0 Å². The first-order chi connectivity index (χ1) is 10.2. The van der Waals surface area contributed by atoms with E-state index < -0.39 is 12.0 Å². The predicted molar refractivity (Wildman–Crippen MR) is 80.6 cm³/mol. The number of amides is 1. The summed E-state index contributed by atoms with van der Waals surface area (Å²) in [6.07, 6.45) is 6.28. The van der Waals surface area contributed by atoms with Crippen LogP contribution in [0.1, 0.15) is 31.2 Å². The molecule has 1 aliphatic rings. The van der Waals surface area contributed by atoms with E-state index >= 15 is 0 Å². The minimum atomic E-state index is -0.646. The Labute approximate surface area is 125 Å². The van der Waals surface area contributed by atoms with Crippen LogP contribution in [-0.2, 0) is 20.7 Å². The first-order valence-corrected chi connectivity index (χ1v) is 7.32. The molecule has 1 N–H and O–H groups in total. The molecule has 4 heteroatoms. The van der Waals surface area contributed by atoms with E-state index in [-0.39, 0.29) is 5.91 Å². The number of carbonyl (C=O) groups excluding carboxylic acids is 2. The number of esters is 1. The summed E-state index contributed by atoms with van der Waals surface area (Å²) in [4.78, 5) is 24.1. The van der Waals surface area contributed by atoms with Crippen molar-refractivity contribution in [1.82, 2.24) is 5.32 Å². The molecule has 21 heavy (non-hydrogen) atoms. The lowest BCUT2D eigenvalue weighted by Gasteiger charge is -2.19. The van der Waals surface area contributed by atoms with E-state index in [1.54, 1.807) is 0 Å². The second-order valence-corrected chi connectivity index (χ2v) is 5.21. The summed E-state index contributed by atoms with van der Waals surface area (Å²) in [5.41, 5.74) is 1.77. The van der Waals surface area contributed by atoms with Crippen LogP contribution in [0.2, 0.25) is 0 Å². The zero-order valence-electron chi connectivity index (χ0n) is 12.3. The van der Waals surface area contributed by atoms with Crippen molar-refractivity contribution >= 4 is 11.9 Å². The first kappa shape index (κ1) is 15.3. The molecule has 112 valence electrons. The van der Waals surface area contributed by atoms with Gasteiger partial charge in [-0.3, -0.25) is 4.79 Å². The van der Waals surface area contributed by atoms with Gasteiger partial charge in [-0.05, 0) is 31.2 Å². The van der Waals surface area contributed by atoms with Crippen LogP contribution in [0.25, 0.3) is 0 Å². The molecule has 0 aromatic heterocycles. The van der Waals surface area contributed by atoms with Gasteiger partial charge in [-0.1, -0.05) is 36.4 Å². The molecule has 1 atom stereocenters. The van der Waals surface area contributed by atoms with Gasteiger partial charge in [0.1, 0.15) is 6.04 Å². The second kappa shape index (κ2) is 7.62. The third kappa shape index (κ3) is 4.45. The van der Waals surface area contributed by atoms with E-state index in [4.69, 9.17) is 4.74 Å². The summed E-state index contributed by atoms with van der Waals surface area (Å²) >= 11 is 0. The van der Waals surface area contributed by atoms with Crippen LogP contribution >= 0.6 is 0 Å². The fourth-order valence-electron chi connectivity index (χ4n) is 2.48. The molecule has 0 fully saturated rings. The van der Waals surface area contributed by atoms with Gasteiger partial charge in [0.15, 0.2) is 0 Å². The average Bonchev–Trinajstić information content (AvgIpc) is 2.55. The number of benzene rings is 1. The van der Waals surface area contributed by atoms with Crippen LogP contribution < -0.4 is 5.32 Å². The van der Waals surface area contributed by atoms with E-state index in [0.717, 1.165) is 36.8 Å². The maximum absolute atomic E-state index is 12.2. The van der Waals surface area contributed by atoms with Gasteiger partial charge in [0.25, 0.3) is 0 Å². The van der Waals surface area contributed by atoms with Crippen molar-refractivity contribution < 1.29 is 14.3 Å². The SMILES string of the molecule is COC(=O)[C@H](Cc1ccccc1)NC(=O)C1=CCCCC1. The Hall–Kier alpha value is -2.10. The number of hydrogen-bond donors (Lipinski definition) is 1. The molecule has 0 bridgehead atoms. The quantitative estimate of drug-likeness (QED) is 0.846. The zero-order chi connectivity index (χ0) is 15.1. The number of rotatable bonds is 5. The van der Waals surface area contributed by atoms with Crippen molar-refractivity contribution in [3.05, 3.63) is 47.5 Å². The highest BCUT2D eigenvalue weighted by Crippen LogP contribution is 2.17. The standard InChI is InChI=1S/C17H21NO3/c1-21-17(20)15(12-13-8-4-2-5-9-13)18-16(19)14-10-6-3-7-11-14/h2,4-5,8-10,15H,3,6-7,11-12H2,1H3,(H,18,19)/t15-/m0/s1. The topological polar surface area (TPSA) is 55.4 Å². The van der Waals surface area contributed by atoms with Crippen molar-refractivity contribution in [1.29, 1.82) is 0 Å². The van der Waals surface area contributed by atoms with E-state index in [0.29, 0.717) is 6.42 Å². The summed E-state index contributed by atoms with van der Waals surface area (Å²) < 4.78 is 4.80. The van der Waals surface area contributed by atoms with Gasteiger partial charge in [-0.2, -0.15) is 0 Å².